The molecule has 2 aromatic rings. The van der Waals surface area contributed by atoms with Crippen molar-refractivity contribution in [1.82, 2.24) is 9.97 Å². The van der Waals surface area contributed by atoms with Crippen molar-refractivity contribution in [2.24, 2.45) is 5.73 Å². The molecule has 0 saturated heterocycles. The molecule has 6 nitrogen and oxygen atoms in total. The first-order valence-electron chi connectivity index (χ1n) is 6.10. The molecule has 5 N–H and O–H groups in total. The van der Waals surface area contributed by atoms with Crippen LogP contribution in [0.25, 0.3) is 0 Å². The fourth-order valence-corrected chi connectivity index (χ4v) is 1.83. The third kappa shape index (κ3) is 2.92. The minimum Gasteiger partial charge on any atom is -0.391 e. The smallest absolute Gasteiger partial charge is 0.276 e. The van der Waals surface area contributed by atoms with Gasteiger partial charge in [0, 0.05) is 12.2 Å². The molecule has 19 heavy (non-hydrogen) atoms. The van der Waals surface area contributed by atoms with Crippen molar-refractivity contribution < 1.29 is 0 Å². The van der Waals surface area contributed by atoms with Crippen LogP contribution in [-0.4, -0.2) is 23.1 Å². The van der Waals surface area contributed by atoms with Crippen LogP contribution >= 0.6 is 0 Å². The lowest BCUT2D eigenvalue weighted by Gasteiger charge is -2.24. The molecule has 0 spiro atoms. The first kappa shape index (κ1) is 13.1. The van der Waals surface area contributed by atoms with Crippen molar-refractivity contribution in [2.75, 3.05) is 23.7 Å². The molecule has 0 bridgehead atoms. The lowest BCUT2D eigenvalue weighted by atomic mass is 10.2. The van der Waals surface area contributed by atoms with Crippen LogP contribution in [0.15, 0.2) is 41.5 Å². The molecule has 1 aromatic heterocycles. The lowest BCUT2D eigenvalue weighted by Crippen LogP contribution is -2.26. The van der Waals surface area contributed by atoms with Gasteiger partial charge in [0.1, 0.15) is 5.69 Å². The number of aromatic amines is 1. The number of nitrogens with two attached hydrogens (primary N) is 2. The molecule has 0 atom stereocenters. The normalized spacial score (nSPS) is 10.4. The van der Waals surface area contributed by atoms with Crippen molar-refractivity contribution >= 4 is 17.2 Å². The van der Waals surface area contributed by atoms with Gasteiger partial charge < -0.3 is 21.4 Å². The molecule has 6 heteroatoms. The molecule has 0 fully saturated rings. The molecular formula is C13H17N5O. The number of hydrogen-bond donors (Lipinski definition) is 3. The summed E-state index contributed by atoms with van der Waals surface area (Å²) >= 11 is 0. The first-order chi connectivity index (χ1) is 9.24. The Hall–Kier alpha value is -2.34. The Kier molecular flexibility index (Phi) is 4.15. The maximum Gasteiger partial charge on any atom is 0.276 e. The highest BCUT2D eigenvalue weighted by molar-refractivity contribution is 5.70. The van der Waals surface area contributed by atoms with E-state index in [0.717, 1.165) is 12.1 Å². The number of nitrogens with one attached hydrogen (secondary N) is 1. The van der Waals surface area contributed by atoms with Crippen LogP contribution in [-0.2, 0) is 0 Å². The first-order valence-corrected chi connectivity index (χ1v) is 6.10. The van der Waals surface area contributed by atoms with E-state index < -0.39 is 0 Å². The number of aromatic nitrogens is 2. The van der Waals surface area contributed by atoms with Crippen LogP contribution < -0.4 is 21.9 Å². The number of nitrogen functional groups attached to an aromatic ring is 1. The number of nitrogens with zero attached hydrogens (tertiary/aromatic N) is 2. The molecule has 100 valence electrons. The van der Waals surface area contributed by atoms with Crippen LogP contribution in [0, 0.1) is 0 Å². The van der Waals surface area contributed by atoms with Crippen LogP contribution in [0.5, 0.6) is 0 Å². The predicted octanol–water partition coefficient (Wildman–Crippen LogP) is 0.839. The molecule has 1 aromatic carbocycles. The van der Waals surface area contributed by atoms with Gasteiger partial charge in [0.15, 0.2) is 5.82 Å². The maximum atomic E-state index is 11.6. The van der Waals surface area contributed by atoms with E-state index in [0.29, 0.717) is 18.9 Å². The number of benzene rings is 1. The van der Waals surface area contributed by atoms with E-state index in [2.05, 4.69) is 9.97 Å². The zero-order valence-electron chi connectivity index (χ0n) is 10.5. The highest BCUT2D eigenvalue weighted by Crippen LogP contribution is 2.25. The van der Waals surface area contributed by atoms with Crippen molar-refractivity contribution in [1.29, 1.82) is 0 Å². The molecule has 1 heterocycles. The molecule has 0 unspecified atom stereocenters. The van der Waals surface area contributed by atoms with Gasteiger partial charge in [-0.05, 0) is 25.1 Å². The van der Waals surface area contributed by atoms with Crippen molar-refractivity contribution in [3.05, 3.63) is 47.0 Å². The summed E-state index contributed by atoms with van der Waals surface area (Å²) in [7, 11) is 0. The molecule has 0 radical (unpaired) electrons. The third-order valence-electron chi connectivity index (χ3n) is 2.78. The Morgan fingerprint density at radius 3 is 2.68 bits per heavy atom. The Balaban J connectivity index is 2.43. The van der Waals surface area contributed by atoms with Crippen molar-refractivity contribution in [3.63, 3.8) is 0 Å². The number of H-pyrrole nitrogens is 1. The van der Waals surface area contributed by atoms with Gasteiger partial charge in [0.25, 0.3) is 5.56 Å². The monoisotopic (exact) mass is 259 g/mol. The zero-order chi connectivity index (χ0) is 13.7. The average Bonchev–Trinajstić information content (AvgIpc) is 2.45. The molecule has 0 aliphatic carbocycles. The number of anilines is 3. The highest BCUT2D eigenvalue weighted by Gasteiger charge is 2.14. The van der Waals surface area contributed by atoms with E-state index in [-0.39, 0.29) is 11.2 Å². The topological polar surface area (TPSA) is 101 Å². The largest absolute Gasteiger partial charge is 0.391 e. The van der Waals surface area contributed by atoms with E-state index in [9.17, 15) is 4.79 Å². The van der Waals surface area contributed by atoms with Crippen LogP contribution in [0.1, 0.15) is 6.42 Å². The molecule has 0 aliphatic rings. The number of rotatable bonds is 5. The Labute approximate surface area is 111 Å². The maximum absolute atomic E-state index is 11.6. The number of hydrogen-bond acceptors (Lipinski definition) is 5. The van der Waals surface area contributed by atoms with Crippen LogP contribution in [0.2, 0.25) is 0 Å². The van der Waals surface area contributed by atoms with E-state index in [1.165, 1.54) is 6.33 Å². The standard InChI is InChI=1S/C13H17N5O/c14-7-4-8-18(10-5-2-1-3-6-10)12-11(15)13(19)17-9-16-12/h1-3,5-6,9H,4,7-8,14-15H2,(H,16,17,19). The summed E-state index contributed by atoms with van der Waals surface area (Å²) < 4.78 is 0. The quantitative estimate of drug-likeness (QED) is 0.738. The second-order valence-electron chi connectivity index (χ2n) is 4.10. The summed E-state index contributed by atoms with van der Waals surface area (Å²) in [6.07, 6.45) is 2.13. The minimum absolute atomic E-state index is 0.114. The van der Waals surface area contributed by atoms with E-state index in [1.807, 2.05) is 35.2 Å². The average molecular weight is 259 g/mol. The van der Waals surface area contributed by atoms with Crippen molar-refractivity contribution in [2.45, 2.75) is 6.42 Å². The summed E-state index contributed by atoms with van der Waals surface area (Å²) in [4.78, 5) is 20.1. The SMILES string of the molecule is NCCCN(c1ccccc1)c1nc[nH]c(=O)c1N. The summed E-state index contributed by atoms with van der Waals surface area (Å²) in [6, 6.07) is 9.67. The Morgan fingerprint density at radius 2 is 2.00 bits per heavy atom. The molecule has 0 saturated carbocycles. The van der Waals surface area contributed by atoms with Gasteiger partial charge in [-0.2, -0.15) is 0 Å². The second-order valence-corrected chi connectivity index (χ2v) is 4.10. The molecule has 0 amide bonds. The van der Waals surface area contributed by atoms with Crippen LogP contribution in [0.3, 0.4) is 0 Å². The summed E-state index contributed by atoms with van der Waals surface area (Å²) in [5.74, 6) is 0.461. The second kappa shape index (κ2) is 6.01. The van der Waals surface area contributed by atoms with Crippen LogP contribution in [0.4, 0.5) is 17.2 Å². The molecule has 2 rings (SSSR count). The Morgan fingerprint density at radius 1 is 1.26 bits per heavy atom. The zero-order valence-corrected chi connectivity index (χ0v) is 10.5. The summed E-state index contributed by atoms with van der Waals surface area (Å²) in [5.41, 5.74) is 12.1. The molecule has 0 aliphatic heterocycles. The fraction of sp³-hybridized carbons (Fsp3) is 0.231. The summed E-state index contributed by atoms with van der Waals surface area (Å²) in [6.45, 7) is 1.22. The van der Waals surface area contributed by atoms with E-state index in [1.54, 1.807) is 0 Å². The van der Waals surface area contributed by atoms with Gasteiger partial charge in [-0.1, -0.05) is 18.2 Å². The van der Waals surface area contributed by atoms with Gasteiger partial charge in [-0.25, -0.2) is 4.98 Å². The van der Waals surface area contributed by atoms with Gasteiger partial charge in [0.05, 0.1) is 6.33 Å². The minimum atomic E-state index is -0.335. The fourth-order valence-electron chi connectivity index (χ4n) is 1.83. The van der Waals surface area contributed by atoms with Gasteiger partial charge in [-0.15, -0.1) is 0 Å². The van der Waals surface area contributed by atoms with Gasteiger partial charge in [-0.3, -0.25) is 4.79 Å². The third-order valence-corrected chi connectivity index (χ3v) is 2.78. The summed E-state index contributed by atoms with van der Waals surface area (Å²) in [5, 5.41) is 0. The molecular weight excluding hydrogens is 242 g/mol. The highest BCUT2D eigenvalue weighted by atomic mass is 16.1. The van der Waals surface area contributed by atoms with Gasteiger partial charge >= 0.3 is 0 Å². The lowest BCUT2D eigenvalue weighted by molar-refractivity contribution is 0.808. The van der Waals surface area contributed by atoms with E-state index in [4.69, 9.17) is 11.5 Å². The van der Waals surface area contributed by atoms with E-state index >= 15 is 0 Å². The number of para-hydroxylation sites is 1. The Bertz CT molecular complexity index is 581. The predicted molar refractivity (Wildman–Crippen MR) is 76.4 cm³/mol. The van der Waals surface area contributed by atoms with Crippen molar-refractivity contribution in [3.8, 4) is 0 Å². The van der Waals surface area contributed by atoms with Gasteiger partial charge in [0.2, 0.25) is 0 Å².